The van der Waals surface area contributed by atoms with E-state index >= 15 is 0 Å². The number of rotatable bonds is 6. The van der Waals surface area contributed by atoms with Crippen molar-refractivity contribution in [3.8, 4) is 5.75 Å². The highest BCUT2D eigenvalue weighted by atomic mass is 19.1. The first-order valence-corrected chi connectivity index (χ1v) is 5.85. The quantitative estimate of drug-likeness (QED) is 0.714. The molecule has 17 heavy (non-hydrogen) atoms. The van der Waals surface area contributed by atoms with E-state index in [1.165, 1.54) is 6.07 Å². The highest BCUT2D eigenvalue weighted by molar-refractivity contribution is 5.33. The van der Waals surface area contributed by atoms with Crippen molar-refractivity contribution in [1.82, 2.24) is 5.32 Å². The minimum absolute atomic E-state index is 0.0299. The molecular weight excluding hydrogens is 221 g/mol. The van der Waals surface area contributed by atoms with Crippen LogP contribution in [0.1, 0.15) is 25.8 Å². The van der Waals surface area contributed by atoms with Gasteiger partial charge in [-0.3, -0.25) is 0 Å². The molecule has 0 bridgehead atoms. The summed E-state index contributed by atoms with van der Waals surface area (Å²) >= 11 is 0. The molecule has 3 N–H and O–H groups in total. The van der Waals surface area contributed by atoms with E-state index in [-0.39, 0.29) is 18.4 Å². The Labute approximate surface area is 101 Å². The topological polar surface area (TPSA) is 52.5 Å². The first kappa shape index (κ1) is 13.9. The molecule has 0 fully saturated rings. The van der Waals surface area contributed by atoms with Crippen molar-refractivity contribution in [2.24, 2.45) is 5.92 Å². The molecule has 1 unspecified atom stereocenters. The third-order valence-electron chi connectivity index (χ3n) is 2.63. The number of aliphatic hydroxyl groups is 1. The lowest BCUT2D eigenvalue weighted by Crippen LogP contribution is -2.33. The van der Waals surface area contributed by atoms with Gasteiger partial charge in [-0.15, -0.1) is 0 Å². The second kappa shape index (κ2) is 6.57. The van der Waals surface area contributed by atoms with Gasteiger partial charge in [0.15, 0.2) is 11.6 Å². The maximum Gasteiger partial charge on any atom is 0.165 e. The molecule has 0 saturated carbocycles. The number of aromatic hydroxyl groups is 1. The molecule has 0 heterocycles. The molecule has 0 aromatic heterocycles. The first-order valence-electron chi connectivity index (χ1n) is 5.85. The predicted octanol–water partition coefficient (Wildman–Crippen LogP) is 2.03. The van der Waals surface area contributed by atoms with Gasteiger partial charge in [0.2, 0.25) is 0 Å². The third-order valence-corrected chi connectivity index (χ3v) is 2.63. The Kier molecular flexibility index (Phi) is 5.38. The van der Waals surface area contributed by atoms with Gasteiger partial charge in [0, 0.05) is 18.2 Å². The molecular formula is C13H20FNO2. The highest BCUT2D eigenvalue weighted by Gasteiger charge is 2.11. The van der Waals surface area contributed by atoms with Crippen molar-refractivity contribution in [1.29, 1.82) is 0 Å². The van der Waals surface area contributed by atoms with Crippen LogP contribution in [0.25, 0.3) is 0 Å². The lowest BCUT2D eigenvalue weighted by molar-refractivity contribution is 0.223. The molecule has 0 aliphatic carbocycles. The molecule has 0 aliphatic rings. The van der Waals surface area contributed by atoms with Gasteiger partial charge in [0.1, 0.15) is 0 Å². The van der Waals surface area contributed by atoms with E-state index in [2.05, 4.69) is 19.2 Å². The third kappa shape index (κ3) is 4.32. The largest absolute Gasteiger partial charge is 0.505 e. The van der Waals surface area contributed by atoms with Gasteiger partial charge in [-0.05, 0) is 18.4 Å². The van der Waals surface area contributed by atoms with Crippen LogP contribution in [-0.2, 0) is 6.54 Å². The maximum absolute atomic E-state index is 13.1. The van der Waals surface area contributed by atoms with E-state index in [1.54, 1.807) is 12.1 Å². The molecule has 1 aromatic rings. The average Bonchev–Trinajstić information content (AvgIpc) is 2.28. The predicted molar refractivity (Wildman–Crippen MR) is 65.2 cm³/mol. The summed E-state index contributed by atoms with van der Waals surface area (Å²) in [6.07, 6.45) is 0.840. The average molecular weight is 241 g/mol. The highest BCUT2D eigenvalue weighted by Crippen LogP contribution is 2.20. The molecule has 1 aromatic carbocycles. The Morgan fingerprint density at radius 2 is 2.06 bits per heavy atom. The minimum atomic E-state index is -0.617. The molecule has 1 atom stereocenters. The van der Waals surface area contributed by atoms with Crippen molar-refractivity contribution in [3.05, 3.63) is 29.6 Å². The van der Waals surface area contributed by atoms with Crippen LogP contribution in [0.15, 0.2) is 18.2 Å². The van der Waals surface area contributed by atoms with Crippen molar-refractivity contribution < 1.29 is 14.6 Å². The van der Waals surface area contributed by atoms with Gasteiger partial charge in [0.05, 0.1) is 6.61 Å². The van der Waals surface area contributed by atoms with Crippen molar-refractivity contribution in [3.63, 3.8) is 0 Å². The first-order chi connectivity index (χ1) is 8.04. The molecule has 0 spiro atoms. The Morgan fingerprint density at radius 3 is 2.65 bits per heavy atom. The van der Waals surface area contributed by atoms with Gasteiger partial charge in [-0.2, -0.15) is 0 Å². The van der Waals surface area contributed by atoms with Crippen LogP contribution in [0.5, 0.6) is 5.75 Å². The zero-order valence-electron chi connectivity index (χ0n) is 10.3. The summed E-state index contributed by atoms with van der Waals surface area (Å²) in [5.74, 6) is -0.462. The number of halogens is 1. The van der Waals surface area contributed by atoms with E-state index in [4.69, 9.17) is 0 Å². The fraction of sp³-hybridized carbons (Fsp3) is 0.538. The molecule has 0 saturated heterocycles. The Balaban J connectivity index is 2.56. The summed E-state index contributed by atoms with van der Waals surface area (Å²) in [6.45, 7) is 4.53. The number of benzene rings is 1. The molecule has 96 valence electrons. The number of hydrogen-bond acceptors (Lipinski definition) is 3. The van der Waals surface area contributed by atoms with E-state index in [1.807, 2.05) is 0 Å². The van der Waals surface area contributed by atoms with Crippen molar-refractivity contribution in [2.75, 3.05) is 6.61 Å². The molecule has 0 aliphatic heterocycles. The van der Waals surface area contributed by atoms with Crippen molar-refractivity contribution in [2.45, 2.75) is 32.9 Å². The summed E-state index contributed by atoms with van der Waals surface area (Å²) in [7, 11) is 0. The van der Waals surface area contributed by atoms with Crippen LogP contribution >= 0.6 is 0 Å². The van der Waals surface area contributed by atoms with Crippen LogP contribution < -0.4 is 5.32 Å². The lowest BCUT2D eigenvalue weighted by Gasteiger charge is -2.18. The summed E-state index contributed by atoms with van der Waals surface area (Å²) in [6, 6.07) is 4.41. The zero-order valence-corrected chi connectivity index (χ0v) is 10.3. The molecule has 3 nitrogen and oxygen atoms in total. The summed E-state index contributed by atoms with van der Waals surface area (Å²) in [5, 5.41) is 21.8. The SMILES string of the molecule is CC(C)CC(CO)NCc1cccc(F)c1O. The van der Waals surface area contributed by atoms with Gasteiger partial charge in [-0.25, -0.2) is 4.39 Å². The second-order valence-corrected chi connectivity index (χ2v) is 4.64. The van der Waals surface area contributed by atoms with E-state index in [0.717, 1.165) is 6.42 Å². The zero-order chi connectivity index (χ0) is 12.8. The molecule has 0 amide bonds. The number of aliphatic hydroxyl groups excluding tert-OH is 1. The molecule has 1 rings (SSSR count). The van der Waals surface area contributed by atoms with Gasteiger partial charge in [-0.1, -0.05) is 26.0 Å². The molecule has 0 radical (unpaired) electrons. The van der Waals surface area contributed by atoms with Crippen LogP contribution in [-0.4, -0.2) is 22.9 Å². The number of phenols is 1. The Morgan fingerprint density at radius 1 is 1.35 bits per heavy atom. The summed E-state index contributed by atoms with van der Waals surface area (Å²) < 4.78 is 13.1. The number of nitrogens with one attached hydrogen (secondary N) is 1. The summed E-state index contributed by atoms with van der Waals surface area (Å²) in [5.41, 5.74) is 0.507. The van der Waals surface area contributed by atoms with Crippen LogP contribution in [0.4, 0.5) is 4.39 Å². The number of hydrogen-bond donors (Lipinski definition) is 3. The van der Waals surface area contributed by atoms with Crippen LogP contribution in [0.2, 0.25) is 0 Å². The Hall–Kier alpha value is -1.13. The monoisotopic (exact) mass is 241 g/mol. The van der Waals surface area contributed by atoms with Gasteiger partial charge in [0.25, 0.3) is 0 Å². The van der Waals surface area contributed by atoms with E-state index in [0.29, 0.717) is 18.0 Å². The van der Waals surface area contributed by atoms with E-state index in [9.17, 15) is 14.6 Å². The van der Waals surface area contributed by atoms with Crippen LogP contribution in [0.3, 0.4) is 0 Å². The normalized spacial score (nSPS) is 13.0. The van der Waals surface area contributed by atoms with E-state index < -0.39 is 5.82 Å². The lowest BCUT2D eigenvalue weighted by atomic mass is 10.0. The van der Waals surface area contributed by atoms with Crippen molar-refractivity contribution >= 4 is 0 Å². The fourth-order valence-corrected chi connectivity index (χ4v) is 1.75. The maximum atomic E-state index is 13.1. The minimum Gasteiger partial charge on any atom is -0.505 e. The van der Waals surface area contributed by atoms with Crippen LogP contribution in [0, 0.1) is 11.7 Å². The smallest absolute Gasteiger partial charge is 0.165 e. The number of para-hydroxylation sites is 1. The standard InChI is InChI=1S/C13H20FNO2/c1-9(2)6-11(8-16)15-7-10-4-3-5-12(14)13(10)17/h3-5,9,11,15-17H,6-8H2,1-2H3. The fourth-order valence-electron chi connectivity index (χ4n) is 1.75. The summed E-state index contributed by atoms with van der Waals surface area (Å²) in [4.78, 5) is 0. The molecule has 4 heteroatoms. The Bertz CT molecular complexity index is 355. The second-order valence-electron chi connectivity index (χ2n) is 4.64. The number of phenolic OH excluding ortho intramolecular Hbond substituents is 1. The van der Waals surface area contributed by atoms with Gasteiger partial charge < -0.3 is 15.5 Å². The van der Waals surface area contributed by atoms with Gasteiger partial charge >= 0.3 is 0 Å².